The van der Waals surface area contributed by atoms with Crippen molar-refractivity contribution in [2.75, 3.05) is 13.6 Å². The van der Waals surface area contributed by atoms with Gasteiger partial charge in [-0.05, 0) is 25.0 Å². The van der Waals surface area contributed by atoms with Gasteiger partial charge in [0, 0.05) is 26.1 Å². The maximum Gasteiger partial charge on any atom is 0.255 e. The average Bonchev–Trinajstić information content (AvgIpc) is 3.21. The largest absolute Gasteiger partial charge is 0.338 e. The van der Waals surface area contributed by atoms with Crippen molar-refractivity contribution in [3.05, 3.63) is 41.7 Å². The van der Waals surface area contributed by atoms with Crippen molar-refractivity contribution < 1.29 is 4.79 Å². The van der Waals surface area contributed by atoms with Gasteiger partial charge in [0.05, 0.1) is 17.0 Å². The Morgan fingerprint density at radius 2 is 2.33 bits per heavy atom. The molecule has 18 heavy (non-hydrogen) atoms. The minimum Gasteiger partial charge on any atom is -0.338 e. The number of hydrogen-bond donors (Lipinski definition) is 1. The van der Waals surface area contributed by atoms with Crippen LogP contribution in [0, 0.1) is 0 Å². The summed E-state index contributed by atoms with van der Waals surface area (Å²) in [6, 6.07) is 3.69. The molecule has 0 atom stereocenters. The van der Waals surface area contributed by atoms with Gasteiger partial charge in [-0.15, -0.1) is 6.58 Å². The number of likely N-dealkylation sites (N-methyl/N-ethyl adjacent to an activating group) is 1. The SMILES string of the molecule is C=CCN(C)C(=O)c1ccc(CN)nc1C1CC1. The highest BCUT2D eigenvalue weighted by molar-refractivity contribution is 5.95. The van der Waals surface area contributed by atoms with E-state index in [1.165, 1.54) is 0 Å². The zero-order valence-corrected chi connectivity index (χ0v) is 10.7. The number of amides is 1. The third kappa shape index (κ3) is 2.59. The Balaban J connectivity index is 2.31. The minimum absolute atomic E-state index is 0.00729. The van der Waals surface area contributed by atoms with E-state index in [1.54, 1.807) is 18.0 Å². The van der Waals surface area contributed by atoms with Crippen LogP contribution in [-0.4, -0.2) is 29.4 Å². The van der Waals surface area contributed by atoms with Gasteiger partial charge in [0.1, 0.15) is 0 Å². The summed E-state index contributed by atoms with van der Waals surface area (Å²) in [5.41, 5.74) is 8.07. The Labute approximate surface area is 108 Å². The van der Waals surface area contributed by atoms with E-state index in [9.17, 15) is 4.79 Å². The van der Waals surface area contributed by atoms with E-state index >= 15 is 0 Å². The van der Waals surface area contributed by atoms with Crippen molar-refractivity contribution >= 4 is 5.91 Å². The number of rotatable bonds is 5. The van der Waals surface area contributed by atoms with Gasteiger partial charge in [0.2, 0.25) is 0 Å². The Kier molecular flexibility index (Phi) is 3.77. The molecule has 0 aromatic carbocycles. The molecule has 0 spiro atoms. The van der Waals surface area contributed by atoms with Crippen LogP contribution in [0.4, 0.5) is 0 Å². The summed E-state index contributed by atoms with van der Waals surface area (Å²) in [5, 5.41) is 0. The smallest absolute Gasteiger partial charge is 0.255 e. The van der Waals surface area contributed by atoms with Crippen LogP contribution in [0.3, 0.4) is 0 Å². The summed E-state index contributed by atoms with van der Waals surface area (Å²) in [6.07, 6.45) is 3.95. The predicted octanol–water partition coefficient (Wildman–Crippen LogP) is 1.68. The lowest BCUT2D eigenvalue weighted by Crippen LogP contribution is -2.28. The number of carbonyl (C=O) groups is 1. The molecule has 1 heterocycles. The lowest BCUT2D eigenvalue weighted by Gasteiger charge is -2.17. The molecule has 0 aliphatic heterocycles. The van der Waals surface area contributed by atoms with E-state index in [4.69, 9.17) is 5.73 Å². The Bertz CT molecular complexity index is 466. The topological polar surface area (TPSA) is 59.2 Å². The first-order valence-corrected chi connectivity index (χ1v) is 6.23. The Morgan fingerprint density at radius 1 is 1.61 bits per heavy atom. The monoisotopic (exact) mass is 245 g/mol. The summed E-state index contributed by atoms with van der Waals surface area (Å²) in [4.78, 5) is 18.5. The molecule has 1 saturated carbocycles. The predicted molar refractivity (Wildman–Crippen MR) is 71.3 cm³/mol. The molecule has 96 valence electrons. The van der Waals surface area contributed by atoms with Crippen molar-refractivity contribution in [2.45, 2.75) is 25.3 Å². The number of hydrogen-bond acceptors (Lipinski definition) is 3. The van der Waals surface area contributed by atoms with E-state index in [1.807, 2.05) is 12.1 Å². The van der Waals surface area contributed by atoms with E-state index in [0.717, 1.165) is 24.2 Å². The zero-order valence-electron chi connectivity index (χ0n) is 10.7. The van der Waals surface area contributed by atoms with Crippen molar-refractivity contribution in [3.63, 3.8) is 0 Å². The molecule has 4 nitrogen and oxygen atoms in total. The second-order valence-corrected chi connectivity index (χ2v) is 4.69. The highest BCUT2D eigenvalue weighted by Gasteiger charge is 2.30. The summed E-state index contributed by atoms with van der Waals surface area (Å²) < 4.78 is 0. The van der Waals surface area contributed by atoms with E-state index < -0.39 is 0 Å². The van der Waals surface area contributed by atoms with Gasteiger partial charge in [-0.25, -0.2) is 0 Å². The molecule has 1 aromatic rings. The highest BCUT2D eigenvalue weighted by atomic mass is 16.2. The second kappa shape index (κ2) is 5.31. The van der Waals surface area contributed by atoms with Crippen LogP contribution in [0.15, 0.2) is 24.8 Å². The van der Waals surface area contributed by atoms with Gasteiger partial charge in [0.25, 0.3) is 5.91 Å². The first-order valence-electron chi connectivity index (χ1n) is 6.23. The second-order valence-electron chi connectivity index (χ2n) is 4.69. The third-order valence-electron chi connectivity index (χ3n) is 3.14. The molecule has 0 bridgehead atoms. The third-order valence-corrected chi connectivity index (χ3v) is 3.14. The molecule has 1 aliphatic carbocycles. The maximum atomic E-state index is 12.3. The minimum atomic E-state index is 0.00729. The molecule has 2 rings (SSSR count). The quantitative estimate of drug-likeness (QED) is 0.803. The molecular weight excluding hydrogens is 226 g/mol. The van der Waals surface area contributed by atoms with Crippen LogP contribution in [0.25, 0.3) is 0 Å². The number of nitrogens with zero attached hydrogens (tertiary/aromatic N) is 2. The number of carbonyl (C=O) groups excluding carboxylic acids is 1. The molecule has 0 unspecified atom stereocenters. The first kappa shape index (κ1) is 12.8. The molecule has 1 aromatic heterocycles. The van der Waals surface area contributed by atoms with Gasteiger partial charge in [-0.1, -0.05) is 6.08 Å². The van der Waals surface area contributed by atoms with Crippen LogP contribution in [0.2, 0.25) is 0 Å². The van der Waals surface area contributed by atoms with Crippen LogP contribution in [0.5, 0.6) is 0 Å². The molecule has 4 heteroatoms. The lowest BCUT2D eigenvalue weighted by atomic mass is 10.1. The standard InChI is InChI=1S/C14H19N3O/c1-3-8-17(2)14(18)12-7-6-11(9-15)16-13(12)10-4-5-10/h3,6-7,10H,1,4-5,8-9,15H2,2H3. The maximum absolute atomic E-state index is 12.3. The highest BCUT2D eigenvalue weighted by Crippen LogP contribution is 2.40. The van der Waals surface area contributed by atoms with Crippen LogP contribution >= 0.6 is 0 Å². The molecule has 1 fully saturated rings. The molecular formula is C14H19N3O. The fourth-order valence-electron chi connectivity index (χ4n) is 1.96. The van der Waals surface area contributed by atoms with E-state index in [0.29, 0.717) is 24.6 Å². The Hall–Kier alpha value is -1.68. The fourth-order valence-corrected chi connectivity index (χ4v) is 1.96. The number of aromatic nitrogens is 1. The normalized spacial score (nSPS) is 14.3. The van der Waals surface area contributed by atoms with Crippen molar-refractivity contribution in [1.29, 1.82) is 0 Å². The molecule has 1 aliphatic rings. The molecule has 2 N–H and O–H groups in total. The summed E-state index contributed by atoms with van der Waals surface area (Å²) in [5.74, 6) is 0.445. The van der Waals surface area contributed by atoms with Gasteiger partial charge in [-0.3, -0.25) is 9.78 Å². The van der Waals surface area contributed by atoms with Gasteiger partial charge in [0.15, 0.2) is 0 Å². The summed E-state index contributed by atoms with van der Waals surface area (Å²) in [7, 11) is 1.78. The summed E-state index contributed by atoms with van der Waals surface area (Å²) in [6.45, 7) is 4.60. The lowest BCUT2D eigenvalue weighted by molar-refractivity contribution is 0.0808. The molecule has 1 amide bonds. The fraction of sp³-hybridized carbons (Fsp3) is 0.429. The Morgan fingerprint density at radius 3 is 2.89 bits per heavy atom. The molecule has 0 saturated heterocycles. The van der Waals surface area contributed by atoms with E-state index in [2.05, 4.69) is 11.6 Å². The van der Waals surface area contributed by atoms with Gasteiger partial charge >= 0.3 is 0 Å². The first-order chi connectivity index (χ1) is 8.67. The van der Waals surface area contributed by atoms with Crippen LogP contribution in [-0.2, 0) is 6.54 Å². The van der Waals surface area contributed by atoms with Gasteiger partial charge in [-0.2, -0.15) is 0 Å². The van der Waals surface area contributed by atoms with Crippen LogP contribution < -0.4 is 5.73 Å². The number of nitrogens with two attached hydrogens (primary N) is 1. The average molecular weight is 245 g/mol. The number of pyridine rings is 1. The van der Waals surface area contributed by atoms with Crippen LogP contribution in [0.1, 0.15) is 40.5 Å². The summed E-state index contributed by atoms with van der Waals surface area (Å²) >= 11 is 0. The van der Waals surface area contributed by atoms with E-state index in [-0.39, 0.29) is 5.91 Å². The van der Waals surface area contributed by atoms with Crippen molar-refractivity contribution in [1.82, 2.24) is 9.88 Å². The molecule has 0 radical (unpaired) electrons. The van der Waals surface area contributed by atoms with Gasteiger partial charge < -0.3 is 10.6 Å². The van der Waals surface area contributed by atoms with Crippen molar-refractivity contribution in [2.24, 2.45) is 5.73 Å². The zero-order chi connectivity index (χ0) is 13.1. The van der Waals surface area contributed by atoms with Crippen molar-refractivity contribution in [3.8, 4) is 0 Å².